The van der Waals surface area contributed by atoms with Crippen molar-refractivity contribution >= 4 is 91.4 Å². The number of primary amides is 1. The Labute approximate surface area is 555 Å². The maximum absolute atomic E-state index is 14.0. The van der Waals surface area contributed by atoms with Gasteiger partial charge < -0.3 is 61.1 Å². The summed E-state index contributed by atoms with van der Waals surface area (Å²) in [5.41, 5.74) is 11.5. The number of aromatic carboxylic acids is 1. The molecule has 4 saturated carbocycles. The van der Waals surface area contributed by atoms with Crippen LogP contribution in [0, 0.1) is 37.0 Å². The van der Waals surface area contributed by atoms with Crippen LogP contribution in [0.1, 0.15) is 124 Å². The van der Waals surface area contributed by atoms with Crippen molar-refractivity contribution in [2.75, 3.05) is 74.6 Å². The van der Waals surface area contributed by atoms with Crippen molar-refractivity contribution in [3.63, 3.8) is 0 Å². The first kappa shape index (κ1) is 66.3. The lowest BCUT2D eigenvalue weighted by atomic mass is 9.48. The number of pyridine rings is 1. The Hall–Kier alpha value is -8.72. The van der Waals surface area contributed by atoms with E-state index in [2.05, 4.69) is 41.5 Å². The van der Waals surface area contributed by atoms with E-state index in [0.29, 0.717) is 65.7 Å². The smallest absolute Gasteiger partial charge is 0.312 e. The first-order valence-electron chi connectivity index (χ1n) is 33.4. The van der Waals surface area contributed by atoms with Gasteiger partial charge in [-0.15, -0.1) is 10.2 Å². The minimum absolute atomic E-state index is 0.00644. The molecule has 1 saturated heterocycles. The molecule has 0 spiro atoms. The number of carbonyl (C=O) groups excluding carboxylic acids is 7. The van der Waals surface area contributed by atoms with Crippen molar-refractivity contribution in [1.29, 1.82) is 0 Å². The van der Waals surface area contributed by atoms with Crippen LogP contribution in [0.25, 0.3) is 21.3 Å². The standard InChI is InChI=1S/C69H85N15O10S/c1-42(2)59(77-56(85)23-30-93-31-26-82-57(86)21-22-58(82)87)64(89)74-53(13-9-24-71-66(70)92)63(88)73-48-17-15-45(16-18-48)39-84(27-7-8-28-84)29-32-94-69-36-46-33-47(37-69)35-68(34-46,40-69)41-83-44(4)51(38-72-83)50-19-20-55(76-60(50)65(90)91)81-25-10-11-49-43(3)61(79-80-62(49)81)78-67-75-52-12-5-6-14-54(52)95-67/h5-6,12,14-22,38,42,46-47,53,59H,7-11,13,23-37,39-41H2,1-4H3,(H7-,70,71,73,74,75,77,78,79,85,88,89,90,91,92)/t46?,47?,53-,59-,68?,69?/m0/s1. The van der Waals surface area contributed by atoms with Crippen LogP contribution in [0.15, 0.2) is 79.0 Å². The fraction of sp³-hybridized carbons (Fsp3) is 0.507. The molecule has 2 aromatic carbocycles. The molecule has 3 aliphatic heterocycles. The molecule has 95 heavy (non-hydrogen) atoms. The average molecular weight is 1320 g/mol. The number of aromatic nitrogens is 6. The largest absolute Gasteiger partial charge is 0.543 e. The van der Waals surface area contributed by atoms with Gasteiger partial charge in [0.1, 0.15) is 31.0 Å². The van der Waals surface area contributed by atoms with Crippen molar-refractivity contribution in [3.05, 3.63) is 107 Å². The normalized spacial score (nSPS) is 21.5. The summed E-state index contributed by atoms with van der Waals surface area (Å²) in [5.74, 6) is -1.16. The Kier molecular flexibility index (Phi) is 19.8. The van der Waals surface area contributed by atoms with Crippen molar-refractivity contribution in [1.82, 2.24) is 50.8 Å². The molecule has 2 unspecified atom stereocenters. The summed E-state index contributed by atoms with van der Waals surface area (Å²) >= 11 is 1.55. The van der Waals surface area contributed by atoms with Gasteiger partial charge in [-0.3, -0.25) is 33.6 Å². The van der Waals surface area contributed by atoms with E-state index < -0.39 is 53.6 Å². The number of ether oxygens (including phenoxy) is 2. The highest BCUT2D eigenvalue weighted by Gasteiger charge is 2.59. The number of urea groups is 1. The highest BCUT2D eigenvalue weighted by molar-refractivity contribution is 7.22. The lowest BCUT2D eigenvalue weighted by Crippen LogP contribution is -2.58. The van der Waals surface area contributed by atoms with Gasteiger partial charge in [0.05, 0.1) is 73.1 Å². The summed E-state index contributed by atoms with van der Waals surface area (Å²) < 4.78 is 16.8. The second-order valence-electron chi connectivity index (χ2n) is 27.4. The molecule has 25 nitrogen and oxygen atoms in total. The number of fused-ring (bicyclic) bond motifs is 2. The molecular formula is C69H85N15O10S. The van der Waals surface area contributed by atoms with Gasteiger partial charge >= 0.3 is 6.03 Å². The van der Waals surface area contributed by atoms with Gasteiger partial charge in [-0.2, -0.15) is 5.10 Å². The Morgan fingerprint density at radius 1 is 0.863 bits per heavy atom. The number of carboxylic acid groups (broad SMARTS) is 1. The average Bonchev–Trinajstić information content (AvgIpc) is 1.28. The first-order chi connectivity index (χ1) is 45.7. The van der Waals surface area contributed by atoms with Crippen LogP contribution >= 0.6 is 11.3 Å². The van der Waals surface area contributed by atoms with E-state index in [-0.39, 0.29) is 61.8 Å². The van der Waals surface area contributed by atoms with Gasteiger partial charge in [0.25, 0.3) is 11.8 Å². The third kappa shape index (κ3) is 15.0. The van der Waals surface area contributed by atoms with Gasteiger partial charge in [-0.05, 0) is 138 Å². The molecule has 4 bridgehead atoms. The fourth-order valence-electron chi connectivity index (χ4n) is 16.0. The van der Waals surface area contributed by atoms with E-state index in [0.717, 1.165) is 138 Å². The number of thiazole rings is 1. The second kappa shape index (κ2) is 28.3. The van der Waals surface area contributed by atoms with Gasteiger partial charge in [0.2, 0.25) is 17.7 Å². The monoisotopic (exact) mass is 1320 g/mol. The molecule has 13 rings (SSSR count). The van der Waals surface area contributed by atoms with Crippen LogP contribution in [0.4, 0.5) is 33.1 Å². The number of nitrogens with one attached hydrogen (secondary N) is 5. The Morgan fingerprint density at radius 3 is 2.35 bits per heavy atom. The predicted octanol–water partition coefficient (Wildman–Crippen LogP) is 6.66. The molecule has 6 aromatic rings. The van der Waals surface area contributed by atoms with Crippen LogP contribution < -0.4 is 42.3 Å². The summed E-state index contributed by atoms with van der Waals surface area (Å²) in [7, 11) is 0. The SMILES string of the molecule is Cc1c(Nc2nc3ccccc3s2)nnc2c1CCCN2c1ccc(-c2cnn(CC34CC5CC(C3)CC(OCC[N+]3(Cc6ccc(NC(=O)[C@H](CCCNC(N)=O)NC(=O)[C@@H](NC(=O)CCOCCN7C(=O)C=CC7=O)C(C)C)cc6)CCCC3)(C5)C4)c2C)c(C(=O)[O-])n1. The predicted molar refractivity (Wildman–Crippen MR) is 355 cm³/mol. The molecule has 4 atom stereocenters. The van der Waals surface area contributed by atoms with Crippen LogP contribution in [0.2, 0.25) is 0 Å². The maximum atomic E-state index is 14.0. The minimum Gasteiger partial charge on any atom is -0.543 e. The quantitative estimate of drug-likeness (QED) is 0.0162. The third-order valence-corrected chi connectivity index (χ3v) is 21.1. The number of hydrogen-bond donors (Lipinski definition) is 6. The number of carbonyl (C=O) groups is 7. The maximum Gasteiger partial charge on any atom is 0.312 e. The van der Waals surface area contributed by atoms with Crippen LogP contribution in [0.5, 0.6) is 0 Å². The number of likely N-dealkylation sites (tertiary alicyclic amines) is 1. The van der Waals surface area contributed by atoms with Gasteiger partial charge in [-0.1, -0.05) is 49.4 Å². The number of quaternary nitrogens is 1. The fourth-order valence-corrected chi connectivity index (χ4v) is 16.8. The first-order valence-corrected chi connectivity index (χ1v) is 34.2. The van der Waals surface area contributed by atoms with E-state index in [9.17, 15) is 38.7 Å². The minimum atomic E-state index is -1.36. The second-order valence-corrected chi connectivity index (χ2v) is 28.4. The van der Waals surface area contributed by atoms with E-state index in [4.69, 9.17) is 30.3 Å². The van der Waals surface area contributed by atoms with Crippen LogP contribution in [0.3, 0.4) is 0 Å². The number of anilines is 5. The van der Waals surface area contributed by atoms with Crippen molar-refractivity contribution < 1.29 is 52.6 Å². The molecule has 4 aliphatic carbocycles. The molecule has 7 N–H and O–H groups in total. The Morgan fingerprint density at radius 2 is 1.62 bits per heavy atom. The number of amides is 7. The Bertz CT molecular complexity index is 3850. The van der Waals surface area contributed by atoms with Crippen molar-refractivity contribution in [3.8, 4) is 11.1 Å². The van der Waals surface area contributed by atoms with Crippen LogP contribution in [-0.2, 0) is 53.0 Å². The van der Waals surface area contributed by atoms with Gasteiger partial charge in [0, 0.05) is 90.2 Å². The summed E-state index contributed by atoms with van der Waals surface area (Å²) in [4.78, 5) is 101. The van der Waals surface area contributed by atoms with E-state index in [1.165, 1.54) is 18.6 Å². The summed E-state index contributed by atoms with van der Waals surface area (Å²) in [6, 6.07) is 16.8. The van der Waals surface area contributed by atoms with Gasteiger partial charge in [0.15, 0.2) is 16.8 Å². The number of nitrogens with two attached hydrogens (primary N) is 1. The number of para-hydroxylation sites is 1. The number of rotatable bonds is 29. The molecular weight excluding hydrogens is 1230 g/mol. The van der Waals surface area contributed by atoms with E-state index >= 15 is 0 Å². The lowest BCUT2D eigenvalue weighted by Gasteiger charge is -2.61. The summed E-state index contributed by atoms with van der Waals surface area (Å²) in [6.45, 7) is 13.6. The van der Waals surface area contributed by atoms with E-state index in [1.807, 2.05) is 79.4 Å². The highest BCUT2D eigenvalue weighted by atomic mass is 32.1. The topological polar surface area (TPSA) is 323 Å². The number of nitrogens with zero attached hydrogens (tertiary/aromatic N) is 9. The van der Waals surface area contributed by atoms with Crippen LogP contribution in [-0.4, -0.2) is 158 Å². The molecule has 502 valence electrons. The lowest BCUT2D eigenvalue weighted by molar-refractivity contribution is -0.930. The molecule has 26 heteroatoms. The zero-order valence-corrected chi connectivity index (χ0v) is 55.3. The van der Waals surface area contributed by atoms with Crippen molar-refractivity contribution in [2.24, 2.45) is 28.9 Å². The summed E-state index contributed by atoms with van der Waals surface area (Å²) in [6.07, 6.45) is 14.9. The third-order valence-electron chi connectivity index (χ3n) is 20.2. The molecule has 7 heterocycles. The number of benzene rings is 2. The molecule has 7 aliphatic rings. The number of hydrogen-bond acceptors (Lipinski definition) is 18. The zero-order valence-electron chi connectivity index (χ0n) is 54.5. The number of imide groups is 1. The molecule has 5 fully saturated rings. The molecule has 7 amide bonds. The number of carboxylic acids is 1. The zero-order chi connectivity index (χ0) is 66.6. The summed E-state index contributed by atoms with van der Waals surface area (Å²) in [5, 5.41) is 42.5. The van der Waals surface area contributed by atoms with E-state index in [1.54, 1.807) is 31.4 Å². The Balaban J connectivity index is 0.654. The van der Waals surface area contributed by atoms with Crippen molar-refractivity contribution in [2.45, 2.75) is 142 Å². The molecule has 4 aromatic heterocycles. The van der Waals surface area contributed by atoms with Gasteiger partial charge in [-0.25, -0.2) is 14.8 Å². The highest BCUT2D eigenvalue weighted by Crippen LogP contribution is 2.63. The molecule has 0 radical (unpaired) electrons.